The Labute approximate surface area is 236 Å². The lowest BCUT2D eigenvalue weighted by Crippen LogP contribution is -2.43. The summed E-state index contributed by atoms with van der Waals surface area (Å²) < 4.78 is 5.14. The van der Waals surface area contributed by atoms with Crippen molar-refractivity contribution < 1.29 is 43.7 Å². The Morgan fingerprint density at radius 1 is 0.829 bits per heavy atom. The summed E-state index contributed by atoms with van der Waals surface area (Å²) in [6, 6.07) is 13.1. The fraction of sp³-hybridized carbons (Fsp3) is 0.357. The van der Waals surface area contributed by atoms with Crippen LogP contribution in [0.2, 0.25) is 0 Å². The van der Waals surface area contributed by atoms with E-state index in [1.807, 2.05) is 30.3 Å². The van der Waals surface area contributed by atoms with Crippen LogP contribution in [0.5, 0.6) is 0 Å². The van der Waals surface area contributed by atoms with E-state index in [0.29, 0.717) is 37.1 Å². The minimum absolute atomic E-state index is 0.156. The third-order valence-corrected chi connectivity index (χ3v) is 5.69. The van der Waals surface area contributed by atoms with Crippen LogP contribution in [-0.4, -0.2) is 64.6 Å². The number of carbonyl (C=O) groups excluding carboxylic acids is 4. The highest BCUT2D eigenvalue weighted by Gasteiger charge is 2.23. The largest absolute Gasteiger partial charge is 0.481 e. The molecule has 2 atom stereocenters. The van der Waals surface area contributed by atoms with Gasteiger partial charge in [-0.1, -0.05) is 42.5 Å². The molecule has 0 aromatic heterocycles. The van der Waals surface area contributed by atoms with Crippen LogP contribution in [-0.2, 0) is 41.7 Å². The van der Waals surface area contributed by atoms with Crippen LogP contribution < -0.4 is 21.3 Å². The second-order valence-corrected chi connectivity index (χ2v) is 9.16. The lowest BCUT2D eigenvalue weighted by atomic mass is 10.1. The molecule has 0 heterocycles. The molecule has 1 unspecified atom stereocenters. The van der Waals surface area contributed by atoms with Crippen molar-refractivity contribution in [3.63, 3.8) is 0 Å². The van der Waals surface area contributed by atoms with Gasteiger partial charge in [0.2, 0.25) is 17.7 Å². The molecule has 2 aromatic rings. The first-order chi connectivity index (χ1) is 19.5. The normalized spacial score (nSPS) is 11.8. The van der Waals surface area contributed by atoms with Crippen LogP contribution in [0, 0.1) is 0 Å². The van der Waals surface area contributed by atoms with Gasteiger partial charge in [0.25, 0.3) is 0 Å². The molecule has 0 saturated heterocycles. The molecule has 0 fully saturated rings. The second-order valence-electron chi connectivity index (χ2n) is 9.16. The molecule has 220 valence electrons. The zero-order chi connectivity index (χ0) is 30.2. The van der Waals surface area contributed by atoms with E-state index < -0.39 is 48.4 Å². The Balaban J connectivity index is 1.78. The first-order valence-corrected chi connectivity index (χ1v) is 12.9. The number of carboxylic acid groups (broad SMARTS) is 2. The molecule has 0 radical (unpaired) electrons. The van der Waals surface area contributed by atoms with E-state index in [1.54, 1.807) is 24.3 Å². The number of hydrogen-bond acceptors (Lipinski definition) is 7. The van der Waals surface area contributed by atoms with E-state index in [0.717, 1.165) is 5.56 Å². The Morgan fingerprint density at radius 2 is 1.51 bits per heavy atom. The van der Waals surface area contributed by atoms with E-state index in [-0.39, 0.29) is 18.9 Å². The van der Waals surface area contributed by atoms with Crippen molar-refractivity contribution in [1.82, 2.24) is 16.0 Å². The van der Waals surface area contributed by atoms with Gasteiger partial charge >= 0.3 is 18.0 Å². The number of carboxylic acids is 2. The maximum Gasteiger partial charge on any atom is 0.407 e. The predicted octanol–water partition coefficient (Wildman–Crippen LogP) is 1.81. The van der Waals surface area contributed by atoms with Gasteiger partial charge in [-0.3, -0.25) is 19.2 Å². The number of nitrogens with one attached hydrogen (secondary N) is 4. The summed E-state index contributed by atoms with van der Waals surface area (Å²) in [4.78, 5) is 70.3. The molecular weight excluding hydrogens is 536 g/mol. The number of ether oxygens (including phenoxy) is 1. The molecule has 6 N–H and O–H groups in total. The molecule has 13 heteroatoms. The lowest BCUT2D eigenvalue weighted by Gasteiger charge is -2.18. The third-order valence-electron chi connectivity index (χ3n) is 5.69. The maximum atomic E-state index is 12.8. The average Bonchev–Trinajstić information content (AvgIpc) is 2.91. The van der Waals surface area contributed by atoms with E-state index in [1.165, 1.54) is 6.92 Å². The number of amides is 4. The monoisotopic (exact) mass is 570 g/mol. The first-order valence-electron chi connectivity index (χ1n) is 12.9. The minimum Gasteiger partial charge on any atom is -0.481 e. The predicted molar refractivity (Wildman–Crippen MR) is 147 cm³/mol. The summed E-state index contributed by atoms with van der Waals surface area (Å²) in [6.07, 6.45) is -0.0848. The van der Waals surface area contributed by atoms with Crippen LogP contribution in [0.1, 0.15) is 43.7 Å². The van der Waals surface area contributed by atoms with E-state index in [9.17, 15) is 28.8 Å². The van der Waals surface area contributed by atoms with Crippen LogP contribution in [0.4, 0.5) is 10.5 Å². The van der Waals surface area contributed by atoms with Crippen molar-refractivity contribution in [3.05, 3.63) is 65.7 Å². The van der Waals surface area contributed by atoms with Crippen molar-refractivity contribution in [1.29, 1.82) is 0 Å². The van der Waals surface area contributed by atoms with Gasteiger partial charge in [-0.25, -0.2) is 9.59 Å². The molecule has 0 aliphatic heterocycles. The number of aliphatic carboxylic acids is 2. The standard InChI is InChI=1S/C28H34N4O9/c1-18(33)30-22(9-5-6-14-29-28(40)41-17-20-7-3-2-4-8-20)26(37)31-21-12-10-19(11-13-21)15-24(34)32-23(27(38)39)16-25(35)36/h2-4,7-8,10-13,22-23H,5-6,9,14-17H2,1H3,(H,29,40)(H,30,33)(H,31,37)(H,32,34)(H,35,36)(H,38,39)/t22?,23-/m0/s1. The van der Waals surface area contributed by atoms with Gasteiger partial charge in [0.15, 0.2) is 0 Å². The molecular formula is C28H34N4O9. The van der Waals surface area contributed by atoms with Crippen LogP contribution in [0.25, 0.3) is 0 Å². The molecule has 0 saturated carbocycles. The van der Waals surface area contributed by atoms with Crippen LogP contribution in [0.15, 0.2) is 54.6 Å². The number of benzene rings is 2. The first kappa shape index (κ1) is 32.3. The zero-order valence-corrected chi connectivity index (χ0v) is 22.6. The molecule has 0 aliphatic rings. The summed E-state index contributed by atoms with van der Waals surface area (Å²) >= 11 is 0. The van der Waals surface area contributed by atoms with E-state index in [4.69, 9.17) is 14.9 Å². The summed E-state index contributed by atoms with van der Waals surface area (Å²) in [5.41, 5.74) is 1.79. The van der Waals surface area contributed by atoms with Gasteiger partial charge < -0.3 is 36.2 Å². The number of anilines is 1. The number of carbonyl (C=O) groups is 6. The molecule has 0 spiro atoms. The van der Waals surface area contributed by atoms with Gasteiger partial charge in [0, 0.05) is 19.2 Å². The van der Waals surface area contributed by atoms with Gasteiger partial charge in [0.1, 0.15) is 18.7 Å². The van der Waals surface area contributed by atoms with E-state index >= 15 is 0 Å². The molecule has 13 nitrogen and oxygen atoms in total. The van der Waals surface area contributed by atoms with Gasteiger partial charge in [-0.15, -0.1) is 0 Å². The highest BCUT2D eigenvalue weighted by atomic mass is 16.5. The van der Waals surface area contributed by atoms with Crippen molar-refractivity contribution in [3.8, 4) is 0 Å². The maximum absolute atomic E-state index is 12.8. The van der Waals surface area contributed by atoms with Crippen molar-refractivity contribution in [2.24, 2.45) is 0 Å². The molecule has 41 heavy (non-hydrogen) atoms. The topological polar surface area (TPSA) is 200 Å². The Hall–Kier alpha value is -4.94. The highest BCUT2D eigenvalue weighted by Crippen LogP contribution is 2.12. The average molecular weight is 571 g/mol. The number of alkyl carbamates (subject to hydrolysis) is 1. The van der Waals surface area contributed by atoms with Gasteiger partial charge in [-0.2, -0.15) is 0 Å². The molecule has 2 aromatic carbocycles. The number of rotatable bonds is 16. The number of hydrogen-bond donors (Lipinski definition) is 6. The van der Waals surface area contributed by atoms with Crippen molar-refractivity contribution in [2.75, 3.05) is 11.9 Å². The fourth-order valence-corrected chi connectivity index (χ4v) is 3.69. The summed E-state index contributed by atoms with van der Waals surface area (Å²) in [6.45, 7) is 1.79. The van der Waals surface area contributed by atoms with Gasteiger partial charge in [-0.05, 0) is 42.5 Å². The zero-order valence-electron chi connectivity index (χ0n) is 22.6. The quantitative estimate of drug-likeness (QED) is 0.163. The van der Waals surface area contributed by atoms with Gasteiger partial charge in [0.05, 0.1) is 12.8 Å². The fourth-order valence-electron chi connectivity index (χ4n) is 3.69. The summed E-state index contributed by atoms with van der Waals surface area (Å²) in [7, 11) is 0. The Kier molecular flexibility index (Phi) is 13.3. The highest BCUT2D eigenvalue weighted by molar-refractivity contribution is 5.97. The SMILES string of the molecule is CC(=O)NC(CCCCNC(=O)OCc1ccccc1)C(=O)Nc1ccc(CC(=O)N[C@@H](CC(=O)O)C(=O)O)cc1. The Morgan fingerprint density at radius 3 is 2.12 bits per heavy atom. The molecule has 4 amide bonds. The summed E-state index contributed by atoms with van der Waals surface area (Å²) in [5.74, 6) is -4.30. The molecule has 0 aliphatic carbocycles. The minimum atomic E-state index is -1.55. The number of unbranched alkanes of at least 4 members (excludes halogenated alkanes) is 1. The molecule has 2 rings (SSSR count). The molecule has 0 bridgehead atoms. The third kappa shape index (κ3) is 13.1. The van der Waals surface area contributed by atoms with Crippen molar-refractivity contribution >= 4 is 41.4 Å². The summed E-state index contributed by atoms with van der Waals surface area (Å²) in [5, 5.41) is 27.9. The van der Waals surface area contributed by atoms with E-state index in [2.05, 4.69) is 21.3 Å². The van der Waals surface area contributed by atoms with Crippen LogP contribution in [0.3, 0.4) is 0 Å². The van der Waals surface area contributed by atoms with Crippen LogP contribution >= 0.6 is 0 Å². The second kappa shape index (κ2) is 16.9. The van der Waals surface area contributed by atoms with Crippen molar-refractivity contribution in [2.45, 2.75) is 57.7 Å². The lowest BCUT2D eigenvalue weighted by molar-refractivity contribution is -0.147. The smallest absolute Gasteiger partial charge is 0.407 e. The Bertz CT molecular complexity index is 1200.